The number of nitro groups is 2. The third kappa shape index (κ3) is 6.07. The van der Waals surface area contributed by atoms with E-state index in [-0.39, 0.29) is 18.6 Å². The molecule has 1 atom stereocenters. The number of nitrogens with zero attached hydrogens (tertiary/aromatic N) is 2. The van der Waals surface area contributed by atoms with Gasteiger partial charge in [0.25, 0.3) is 23.2 Å². The fourth-order valence-corrected chi connectivity index (χ4v) is 2.45. The lowest BCUT2D eigenvalue weighted by atomic mass is 10.0. The van der Waals surface area contributed by atoms with E-state index < -0.39 is 39.1 Å². The number of nitro benzene ring substituents is 2. The van der Waals surface area contributed by atoms with E-state index in [0.29, 0.717) is 0 Å². The van der Waals surface area contributed by atoms with Gasteiger partial charge in [0.2, 0.25) is 0 Å². The second-order valence-corrected chi connectivity index (χ2v) is 5.87. The second kappa shape index (κ2) is 9.90. The zero-order valence-electron chi connectivity index (χ0n) is 15.4. The summed E-state index contributed by atoms with van der Waals surface area (Å²) in [7, 11) is 0. The Bertz CT molecular complexity index is 885. The number of hydrogen-bond donors (Lipinski definition) is 2. The van der Waals surface area contributed by atoms with Crippen molar-refractivity contribution in [2.75, 3.05) is 6.61 Å². The highest BCUT2D eigenvalue weighted by atomic mass is 16.7. The van der Waals surface area contributed by atoms with Crippen molar-refractivity contribution in [3.8, 4) is 0 Å². The Morgan fingerprint density at radius 1 is 1.03 bits per heavy atom. The molecule has 2 aromatic carbocycles. The average molecular weight is 402 g/mol. The molecule has 0 fully saturated rings. The monoisotopic (exact) mass is 402 g/mol. The van der Waals surface area contributed by atoms with E-state index in [1.165, 1.54) is 0 Å². The number of rotatable bonds is 9. The molecule has 0 unspecified atom stereocenters. The summed E-state index contributed by atoms with van der Waals surface area (Å²) in [5, 5.41) is 24.5. The minimum absolute atomic E-state index is 0.114. The largest absolute Gasteiger partial charge is 0.340 e. The van der Waals surface area contributed by atoms with Gasteiger partial charge in [-0.3, -0.25) is 34.7 Å². The quantitative estimate of drug-likeness (QED) is 0.480. The number of nitrogens with one attached hydrogen (secondary N) is 2. The highest BCUT2D eigenvalue weighted by Gasteiger charge is 2.25. The fraction of sp³-hybridized carbons (Fsp3) is 0.222. The number of amides is 2. The number of hydrogen-bond acceptors (Lipinski definition) is 7. The summed E-state index contributed by atoms with van der Waals surface area (Å²) in [6.45, 7) is 1.86. The molecule has 2 aromatic rings. The highest BCUT2D eigenvalue weighted by Crippen LogP contribution is 2.22. The SMILES string of the molecule is CCONC(=O)[C@H](Cc1ccccc1)NC(=O)c1cc([N+](=O)[O-])cc([N+](=O)[O-])c1. The normalized spacial score (nSPS) is 11.3. The molecule has 29 heavy (non-hydrogen) atoms. The van der Waals surface area contributed by atoms with Crippen molar-refractivity contribution in [1.82, 2.24) is 10.8 Å². The summed E-state index contributed by atoms with van der Waals surface area (Å²) >= 11 is 0. The molecule has 0 aromatic heterocycles. The number of carbonyl (C=O) groups excluding carboxylic acids is 2. The first kappa shape index (κ1) is 21.4. The van der Waals surface area contributed by atoms with Gasteiger partial charge >= 0.3 is 0 Å². The maximum Gasteiger partial charge on any atom is 0.277 e. The van der Waals surface area contributed by atoms with E-state index in [4.69, 9.17) is 4.84 Å². The van der Waals surface area contributed by atoms with Crippen LogP contribution in [0.5, 0.6) is 0 Å². The van der Waals surface area contributed by atoms with E-state index in [1.807, 2.05) is 0 Å². The van der Waals surface area contributed by atoms with Crippen molar-refractivity contribution in [2.24, 2.45) is 0 Å². The smallest absolute Gasteiger partial charge is 0.277 e. The second-order valence-electron chi connectivity index (χ2n) is 5.87. The minimum Gasteiger partial charge on any atom is -0.340 e. The maximum atomic E-state index is 12.6. The van der Waals surface area contributed by atoms with Crippen LogP contribution in [0.2, 0.25) is 0 Å². The molecule has 0 saturated heterocycles. The summed E-state index contributed by atoms with van der Waals surface area (Å²) in [5.74, 6) is -1.51. The van der Waals surface area contributed by atoms with Crippen LogP contribution >= 0.6 is 0 Å². The third-order valence-electron chi connectivity index (χ3n) is 3.81. The van der Waals surface area contributed by atoms with Crippen LogP contribution < -0.4 is 10.8 Å². The molecule has 0 aliphatic carbocycles. The van der Waals surface area contributed by atoms with Crippen LogP contribution in [-0.4, -0.2) is 34.3 Å². The topological polar surface area (TPSA) is 154 Å². The lowest BCUT2D eigenvalue weighted by molar-refractivity contribution is -0.394. The van der Waals surface area contributed by atoms with Crippen molar-refractivity contribution in [1.29, 1.82) is 0 Å². The first-order valence-corrected chi connectivity index (χ1v) is 8.52. The van der Waals surface area contributed by atoms with Crippen LogP contribution in [0.1, 0.15) is 22.8 Å². The Balaban J connectivity index is 2.29. The van der Waals surface area contributed by atoms with E-state index >= 15 is 0 Å². The van der Waals surface area contributed by atoms with Gasteiger partial charge in [-0.15, -0.1) is 0 Å². The molecule has 0 radical (unpaired) electrons. The number of non-ortho nitro benzene ring substituents is 2. The van der Waals surface area contributed by atoms with E-state index in [2.05, 4.69) is 10.8 Å². The Labute approximate surface area is 164 Å². The summed E-state index contributed by atoms with van der Waals surface area (Å²) < 4.78 is 0. The van der Waals surface area contributed by atoms with E-state index in [9.17, 15) is 29.8 Å². The molecule has 2 N–H and O–H groups in total. The lowest BCUT2D eigenvalue weighted by Gasteiger charge is -2.18. The molecule has 2 rings (SSSR count). The Hall–Kier alpha value is -3.86. The van der Waals surface area contributed by atoms with Gasteiger partial charge in [0.15, 0.2) is 0 Å². The number of carbonyl (C=O) groups is 2. The van der Waals surface area contributed by atoms with E-state index in [1.54, 1.807) is 37.3 Å². The van der Waals surface area contributed by atoms with Crippen molar-refractivity contribution < 1.29 is 24.3 Å². The van der Waals surface area contributed by atoms with Crippen molar-refractivity contribution in [3.05, 3.63) is 79.9 Å². The maximum absolute atomic E-state index is 12.6. The van der Waals surface area contributed by atoms with Gasteiger partial charge in [-0.25, -0.2) is 5.48 Å². The summed E-state index contributed by atoms with van der Waals surface area (Å²) in [6, 6.07) is 10.3. The molecule has 152 valence electrons. The standard InChI is InChI=1S/C18H18N4O7/c1-2-29-20-18(24)16(8-12-6-4-3-5-7-12)19-17(23)13-9-14(21(25)26)11-15(10-13)22(27)28/h3-7,9-11,16H,2,8H2,1H3,(H,19,23)(H,20,24)/t16-/m0/s1. The first-order valence-electron chi connectivity index (χ1n) is 8.52. The predicted molar refractivity (Wildman–Crippen MR) is 101 cm³/mol. The Morgan fingerprint density at radius 3 is 2.14 bits per heavy atom. The van der Waals surface area contributed by atoms with Crippen LogP contribution in [0.15, 0.2) is 48.5 Å². The molecule has 0 aliphatic heterocycles. The van der Waals surface area contributed by atoms with Crippen molar-refractivity contribution >= 4 is 23.2 Å². The van der Waals surface area contributed by atoms with Gasteiger partial charge in [0.05, 0.1) is 28.1 Å². The molecule has 0 aliphatic rings. The Kier molecular flexibility index (Phi) is 7.32. The molecular formula is C18H18N4O7. The molecule has 0 spiro atoms. The predicted octanol–water partition coefficient (Wildman–Crippen LogP) is 1.91. The minimum atomic E-state index is -1.07. The summed E-state index contributed by atoms with van der Waals surface area (Å²) in [4.78, 5) is 50.2. The fourth-order valence-electron chi connectivity index (χ4n) is 2.45. The zero-order valence-corrected chi connectivity index (χ0v) is 15.4. The van der Waals surface area contributed by atoms with Crippen LogP contribution in [0.4, 0.5) is 11.4 Å². The van der Waals surface area contributed by atoms with Gasteiger partial charge < -0.3 is 5.32 Å². The van der Waals surface area contributed by atoms with Gasteiger partial charge in [0.1, 0.15) is 6.04 Å². The first-order chi connectivity index (χ1) is 13.8. The van der Waals surface area contributed by atoms with Gasteiger partial charge in [-0.2, -0.15) is 0 Å². The van der Waals surface area contributed by atoms with Gasteiger partial charge in [-0.05, 0) is 12.5 Å². The number of hydroxylamine groups is 1. The molecule has 0 saturated carbocycles. The molecule has 0 heterocycles. The molecule has 11 heteroatoms. The summed E-state index contributed by atoms with van der Waals surface area (Å²) in [6.07, 6.45) is 0.114. The zero-order chi connectivity index (χ0) is 21.4. The van der Waals surface area contributed by atoms with Crippen molar-refractivity contribution in [2.45, 2.75) is 19.4 Å². The van der Waals surface area contributed by atoms with Crippen LogP contribution in [-0.2, 0) is 16.1 Å². The highest BCUT2D eigenvalue weighted by molar-refractivity contribution is 5.98. The van der Waals surface area contributed by atoms with Crippen LogP contribution in [0.25, 0.3) is 0 Å². The summed E-state index contributed by atoms with van der Waals surface area (Å²) in [5.41, 5.74) is 1.41. The molecule has 11 nitrogen and oxygen atoms in total. The Morgan fingerprint density at radius 2 is 1.62 bits per heavy atom. The van der Waals surface area contributed by atoms with Crippen LogP contribution in [0.3, 0.4) is 0 Å². The third-order valence-corrected chi connectivity index (χ3v) is 3.81. The van der Waals surface area contributed by atoms with Crippen molar-refractivity contribution in [3.63, 3.8) is 0 Å². The molecular weight excluding hydrogens is 384 g/mol. The van der Waals surface area contributed by atoms with E-state index in [0.717, 1.165) is 23.8 Å². The molecule has 0 bridgehead atoms. The van der Waals surface area contributed by atoms with Gasteiger partial charge in [0, 0.05) is 18.6 Å². The average Bonchev–Trinajstić information content (AvgIpc) is 2.71. The molecule has 2 amide bonds. The number of benzene rings is 2. The van der Waals surface area contributed by atoms with Gasteiger partial charge in [-0.1, -0.05) is 30.3 Å². The van der Waals surface area contributed by atoms with Crippen LogP contribution in [0, 0.1) is 20.2 Å². The lowest BCUT2D eigenvalue weighted by Crippen LogP contribution is -2.48.